The van der Waals surface area contributed by atoms with Crippen molar-refractivity contribution < 1.29 is 0 Å². The molecule has 0 spiro atoms. The van der Waals surface area contributed by atoms with Gasteiger partial charge in [0.2, 0.25) is 0 Å². The third kappa shape index (κ3) is 5.92. The number of thiophene rings is 1. The number of rotatable bonds is 3. The molecule has 0 fully saturated rings. The van der Waals surface area contributed by atoms with Crippen LogP contribution in [-0.2, 0) is 0 Å². The molecule has 3 aromatic heterocycles. The number of nitrogens with zero attached hydrogens (tertiary/aromatic N) is 4. The Bertz CT molecular complexity index is 4010. The Hall–Kier alpha value is -8.64. The van der Waals surface area contributed by atoms with E-state index in [2.05, 4.69) is 200 Å². The third-order valence-electron chi connectivity index (χ3n) is 13.7. The van der Waals surface area contributed by atoms with Gasteiger partial charge in [-0.3, -0.25) is 4.98 Å². The first kappa shape index (κ1) is 37.7. The predicted octanol–water partition coefficient (Wildman–Crippen LogP) is 16.6. The van der Waals surface area contributed by atoms with Gasteiger partial charge in [-0.25, -0.2) is 15.0 Å². The van der Waals surface area contributed by atoms with Gasteiger partial charge < -0.3 is 0 Å². The predicted molar refractivity (Wildman–Crippen MR) is 277 cm³/mol. The van der Waals surface area contributed by atoms with Crippen LogP contribution in [0.4, 0.5) is 0 Å². The molecule has 14 rings (SSSR count). The van der Waals surface area contributed by atoms with E-state index in [0.29, 0.717) is 11.6 Å². The van der Waals surface area contributed by atoms with Crippen LogP contribution in [0.3, 0.4) is 0 Å². The number of aromatic nitrogens is 4. The highest BCUT2D eigenvalue weighted by Crippen LogP contribution is 2.51. The van der Waals surface area contributed by atoms with Gasteiger partial charge in [0.15, 0.2) is 11.6 Å². The summed E-state index contributed by atoms with van der Waals surface area (Å²) in [5.41, 5.74) is 22.7. The molecule has 0 amide bonds. The lowest BCUT2D eigenvalue weighted by molar-refractivity contribution is 1.07. The molecular formula is C62H36N4S. The molecule has 0 saturated carbocycles. The van der Waals surface area contributed by atoms with Crippen LogP contribution in [-0.4, -0.2) is 19.9 Å². The van der Waals surface area contributed by atoms with Gasteiger partial charge in [0.05, 0.1) is 5.69 Å². The standard InChI is InChI=1S/C62H36N4S/c1-4-17-45-41(13-1)42-14-2-5-18-46(42)56-34-38(27-30-49(56)48-29-26-37(33-55(45)48)40-22-11-23-54-51-20-9-10-25-58(51)67-60(40)54)61-64-36-65-62(66-61)39-28-31-50-53-24-12-32-63-59(53)52-21-8-7-16-44(52)43-15-3-6-19-47(43)57(50)35-39/h1-36H. The van der Waals surface area contributed by atoms with E-state index in [1.54, 1.807) is 6.33 Å². The van der Waals surface area contributed by atoms with Crippen molar-refractivity contribution in [1.82, 2.24) is 19.9 Å². The van der Waals surface area contributed by atoms with Crippen molar-refractivity contribution in [3.8, 4) is 123 Å². The van der Waals surface area contributed by atoms with Crippen molar-refractivity contribution in [3.05, 3.63) is 219 Å². The van der Waals surface area contributed by atoms with Crippen molar-refractivity contribution in [2.75, 3.05) is 0 Å². The molecule has 0 atom stereocenters. The number of hydrogen-bond acceptors (Lipinski definition) is 5. The minimum atomic E-state index is 0.617. The lowest BCUT2D eigenvalue weighted by Gasteiger charge is -2.24. The Labute approximate surface area is 391 Å². The maximum atomic E-state index is 5.22. The molecular weight excluding hydrogens is 833 g/mol. The van der Waals surface area contributed by atoms with Crippen molar-refractivity contribution in [3.63, 3.8) is 0 Å². The Kier molecular flexibility index (Phi) is 8.42. The fourth-order valence-electron chi connectivity index (χ4n) is 10.6. The van der Waals surface area contributed by atoms with E-state index in [1.165, 1.54) is 75.8 Å². The quantitative estimate of drug-likeness (QED) is 0.177. The molecule has 0 N–H and O–H groups in total. The van der Waals surface area contributed by atoms with Gasteiger partial charge in [-0.05, 0) is 114 Å². The van der Waals surface area contributed by atoms with E-state index in [-0.39, 0.29) is 0 Å². The van der Waals surface area contributed by atoms with Gasteiger partial charge >= 0.3 is 0 Å². The van der Waals surface area contributed by atoms with Crippen LogP contribution in [0, 0.1) is 0 Å². The average molecular weight is 869 g/mol. The molecule has 0 aliphatic heterocycles. The second-order valence-electron chi connectivity index (χ2n) is 17.3. The van der Waals surface area contributed by atoms with Gasteiger partial charge in [0.1, 0.15) is 6.33 Å². The summed E-state index contributed by atoms with van der Waals surface area (Å²) in [7, 11) is 0. The summed E-state index contributed by atoms with van der Waals surface area (Å²) in [6, 6.07) is 74.8. The van der Waals surface area contributed by atoms with E-state index in [0.717, 1.165) is 55.8 Å². The summed E-state index contributed by atoms with van der Waals surface area (Å²) in [5, 5.41) is 2.61. The largest absolute Gasteiger partial charge is 0.256 e. The SMILES string of the molecule is c1ccc2c(c1)-c1ccccc1-c1cc(-c3cccc4c3sc3ccccc34)ccc1-c1ccc(-c3ncnc(-c4ccc5c(c4)-c4ccccc4-c4ccccc4-c4ncccc4-5)n3)cc1-2. The highest BCUT2D eigenvalue weighted by atomic mass is 32.1. The average Bonchev–Trinajstić information content (AvgIpc) is 3.79. The fraction of sp³-hybridized carbons (Fsp3) is 0. The van der Waals surface area contributed by atoms with Gasteiger partial charge in [0.25, 0.3) is 0 Å². The molecule has 2 aliphatic rings. The van der Waals surface area contributed by atoms with Crippen LogP contribution < -0.4 is 0 Å². The van der Waals surface area contributed by atoms with Gasteiger partial charge in [-0.1, -0.05) is 176 Å². The zero-order chi connectivity index (χ0) is 44.0. The smallest absolute Gasteiger partial charge is 0.163 e. The Morgan fingerprint density at radius 1 is 0.284 bits per heavy atom. The molecule has 4 nitrogen and oxygen atoms in total. The first-order chi connectivity index (χ1) is 33.2. The van der Waals surface area contributed by atoms with Crippen molar-refractivity contribution in [1.29, 1.82) is 0 Å². The van der Waals surface area contributed by atoms with Crippen LogP contribution in [0.2, 0.25) is 0 Å². The number of pyridine rings is 1. The summed E-state index contributed by atoms with van der Waals surface area (Å²) in [6.07, 6.45) is 3.53. The first-order valence-corrected chi connectivity index (χ1v) is 23.4. The lowest BCUT2D eigenvalue weighted by atomic mass is 9.79. The lowest BCUT2D eigenvalue weighted by Crippen LogP contribution is -2.00. The first-order valence-electron chi connectivity index (χ1n) is 22.6. The van der Waals surface area contributed by atoms with Crippen molar-refractivity contribution in [2.45, 2.75) is 0 Å². The van der Waals surface area contributed by atoms with E-state index < -0.39 is 0 Å². The van der Waals surface area contributed by atoms with Crippen LogP contribution in [0.5, 0.6) is 0 Å². The van der Waals surface area contributed by atoms with Gasteiger partial charge in [-0.15, -0.1) is 11.3 Å². The van der Waals surface area contributed by atoms with E-state index >= 15 is 0 Å². The number of benzene rings is 9. The second kappa shape index (κ2) is 15.0. The Morgan fingerprint density at radius 2 is 0.701 bits per heavy atom. The molecule has 0 unspecified atom stereocenters. The van der Waals surface area contributed by atoms with Gasteiger partial charge in [-0.2, -0.15) is 0 Å². The fourth-order valence-corrected chi connectivity index (χ4v) is 11.9. The maximum Gasteiger partial charge on any atom is 0.163 e. The molecule has 0 bridgehead atoms. The zero-order valence-corrected chi connectivity index (χ0v) is 36.8. The van der Waals surface area contributed by atoms with Crippen molar-refractivity contribution in [2.24, 2.45) is 0 Å². The van der Waals surface area contributed by atoms with Crippen LogP contribution in [0.1, 0.15) is 0 Å². The third-order valence-corrected chi connectivity index (χ3v) is 14.9. The number of hydrogen-bond donors (Lipinski definition) is 0. The topological polar surface area (TPSA) is 51.6 Å². The molecule has 12 aromatic rings. The molecule has 3 heterocycles. The zero-order valence-electron chi connectivity index (χ0n) is 36.0. The van der Waals surface area contributed by atoms with E-state index in [4.69, 9.17) is 19.9 Å². The summed E-state index contributed by atoms with van der Waals surface area (Å²) >= 11 is 1.87. The highest BCUT2D eigenvalue weighted by molar-refractivity contribution is 7.26. The minimum absolute atomic E-state index is 0.617. The molecule has 0 radical (unpaired) electrons. The van der Waals surface area contributed by atoms with Crippen molar-refractivity contribution >= 4 is 31.5 Å². The second-order valence-corrected chi connectivity index (χ2v) is 18.3. The summed E-state index contributed by atoms with van der Waals surface area (Å²) in [4.78, 5) is 19.8. The van der Waals surface area contributed by atoms with E-state index in [1.807, 2.05) is 23.6 Å². The summed E-state index contributed by atoms with van der Waals surface area (Å²) in [6.45, 7) is 0. The molecule has 310 valence electrons. The highest BCUT2D eigenvalue weighted by Gasteiger charge is 2.26. The molecule has 0 saturated heterocycles. The molecule has 5 heteroatoms. The summed E-state index contributed by atoms with van der Waals surface area (Å²) in [5.74, 6) is 1.24. The Balaban J connectivity index is 0.917. The minimum Gasteiger partial charge on any atom is -0.256 e. The Morgan fingerprint density at radius 3 is 1.30 bits per heavy atom. The van der Waals surface area contributed by atoms with Crippen LogP contribution in [0.15, 0.2) is 219 Å². The number of fused-ring (bicyclic) bond motifs is 19. The van der Waals surface area contributed by atoms with E-state index in [9.17, 15) is 0 Å². The monoisotopic (exact) mass is 868 g/mol. The van der Waals surface area contributed by atoms with Crippen LogP contribution in [0.25, 0.3) is 143 Å². The molecule has 2 aliphatic carbocycles. The normalized spacial score (nSPS) is 11.9. The molecule has 9 aromatic carbocycles. The molecule has 67 heavy (non-hydrogen) atoms. The van der Waals surface area contributed by atoms with Gasteiger partial charge in [0, 0.05) is 48.6 Å². The van der Waals surface area contributed by atoms with Crippen LogP contribution >= 0.6 is 11.3 Å². The summed E-state index contributed by atoms with van der Waals surface area (Å²) < 4.78 is 2.62. The maximum absolute atomic E-state index is 5.22.